The summed E-state index contributed by atoms with van der Waals surface area (Å²) in [6, 6.07) is 9.64. The van der Waals surface area contributed by atoms with Crippen LogP contribution in [0.25, 0.3) is 6.08 Å². The van der Waals surface area contributed by atoms with Crippen LogP contribution in [-0.2, 0) is 20.9 Å². The number of carbonyl (C=O) groups is 3. The van der Waals surface area contributed by atoms with Crippen molar-refractivity contribution in [2.45, 2.75) is 6.61 Å². The van der Waals surface area contributed by atoms with Gasteiger partial charge in [-0.25, -0.2) is 4.39 Å². The average Bonchev–Trinajstić information content (AvgIpc) is 3.06. The van der Waals surface area contributed by atoms with E-state index in [9.17, 15) is 18.8 Å². The van der Waals surface area contributed by atoms with Crippen LogP contribution in [0.3, 0.4) is 0 Å². The minimum Gasteiger partial charge on any atom is -0.487 e. The van der Waals surface area contributed by atoms with Gasteiger partial charge in [-0.15, -0.1) is 0 Å². The molecule has 0 aliphatic carbocycles. The highest BCUT2D eigenvalue weighted by atomic mass is 79.9. The first-order chi connectivity index (χ1) is 16.3. The number of morpholine rings is 1. The Bertz CT molecular complexity index is 1150. The molecule has 0 bridgehead atoms. The van der Waals surface area contributed by atoms with Crippen molar-refractivity contribution < 1.29 is 28.2 Å². The Kier molecular flexibility index (Phi) is 8.07. The van der Waals surface area contributed by atoms with Gasteiger partial charge in [0, 0.05) is 13.1 Å². The largest absolute Gasteiger partial charge is 0.487 e. The van der Waals surface area contributed by atoms with E-state index in [1.54, 1.807) is 35.2 Å². The Morgan fingerprint density at radius 1 is 1.15 bits per heavy atom. The summed E-state index contributed by atoms with van der Waals surface area (Å²) in [7, 11) is 0. The molecule has 2 aromatic rings. The van der Waals surface area contributed by atoms with Gasteiger partial charge in [-0.1, -0.05) is 12.1 Å². The second kappa shape index (κ2) is 11.0. The van der Waals surface area contributed by atoms with Crippen LogP contribution in [0.5, 0.6) is 5.75 Å². The topological polar surface area (TPSA) is 76.2 Å². The van der Waals surface area contributed by atoms with E-state index in [1.165, 1.54) is 12.1 Å². The molecule has 0 unspecified atom stereocenters. The number of benzene rings is 2. The summed E-state index contributed by atoms with van der Waals surface area (Å²) < 4.78 is 25.7. The van der Waals surface area contributed by atoms with E-state index in [-0.39, 0.29) is 29.8 Å². The Hall–Kier alpha value is -2.21. The normalized spacial score (nSPS) is 17.6. The first-order valence-electron chi connectivity index (χ1n) is 10.3. The minimum atomic E-state index is -0.504. The fourth-order valence-electron chi connectivity index (χ4n) is 3.42. The summed E-state index contributed by atoms with van der Waals surface area (Å²) in [6.07, 6.45) is 1.59. The highest BCUT2D eigenvalue weighted by Gasteiger charge is 2.37. The van der Waals surface area contributed by atoms with Gasteiger partial charge in [0.2, 0.25) is 5.91 Å². The van der Waals surface area contributed by atoms with Crippen LogP contribution in [0.4, 0.5) is 9.18 Å². The van der Waals surface area contributed by atoms with E-state index >= 15 is 0 Å². The zero-order valence-corrected chi connectivity index (χ0v) is 21.8. The quantitative estimate of drug-likeness (QED) is 0.435. The molecule has 0 atom stereocenters. The second-order valence-corrected chi connectivity index (χ2v) is 10.2. The molecule has 7 nitrogen and oxygen atoms in total. The molecule has 34 heavy (non-hydrogen) atoms. The van der Waals surface area contributed by atoms with Crippen molar-refractivity contribution >= 4 is 66.8 Å². The molecule has 2 aliphatic heterocycles. The van der Waals surface area contributed by atoms with Crippen LogP contribution in [0.15, 0.2) is 50.2 Å². The van der Waals surface area contributed by atoms with Crippen molar-refractivity contribution in [3.8, 4) is 5.75 Å². The van der Waals surface area contributed by atoms with Crippen molar-refractivity contribution in [1.82, 2.24) is 9.80 Å². The maximum Gasteiger partial charge on any atom is 0.294 e. The molecular formula is C23H19Br2FN2O5S. The summed E-state index contributed by atoms with van der Waals surface area (Å²) >= 11 is 7.72. The number of thioether (sulfide) groups is 1. The number of halogens is 3. The lowest BCUT2D eigenvalue weighted by Crippen LogP contribution is -2.46. The second-order valence-electron chi connectivity index (χ2n) is 7.49. The minimum absolute atomic E-state index is 0.171. The van der Waals surface area contributed by atoms with E-state index in [0.717, 1.165) is 16.7 Å². The maximum atomic E-state index is 13.4. The van der Waals surface area contributed by atoms with E-state index in [4.69, 9.17) is 9.47 Å². The lowest BCUT2D eigenvalue weighted by Gasteiger charge is -2.28. The summed E-state index contributed by atoms with van der Waals surface area (Å²) in [4.78, 5) is 40.5. The molecule has 178 valence electrons. The third-order valence-corrected chi connectivity index (χ3v) is 7.21. The zero-order valence-electron chi connectivity index (χ0n) is 17.8. The number of carbonyl (C=O) groups excluding carboxylic acids is 3. The van der Waals surface area contributed by atoms with Gasteiger partial charge in [0.1, 0.15) is 24.7 Å². The van der Waals surface area contributed by atoms with Gasteiger partial charge in [0.15, 0.2) is 0 Å². The number of nitrogens with zero attached hydrogens (tertiary/aromatic N) is 2. The Morgan fingerprint density at radius 3 is 2.53 bits per heavy atom. The molecule has 0 spiro atoms. The smallest absolute Gasteiger partial charge is 0.294 e. The Balaban J connectivity index is 1.45. The monoisotopic (exact) mass is 612 g/mol. The number of imide groups is 1. The first kappa shape index (κ1) is 24.9. The molecule has 2 saturated heterocycles. The lowest BCUT2D eigenvalue weighted by molar-refractivity contribution is -0.139. The van der Waals surface area contributed by atoms with Crippen molar-refractivity contribution in [1.29, 1.82) is 0 Å². The SMILES string of the molecule is O=C(CN1C(=O)S/C(=C/c2cc(Br)c(OCc3cccc(F)c3)c(Br)c2)C1=O)N1CCOCC1. The number of ether oxygens (including phenoxy) is 2. The van der Waals surface area contributed by atoms with Crippen LogP contribution in [-0.4, -0.2) is 59.7 Å². The number of rotatable bonds is 6. The average molecular weight is 614 g/mol. The molecule has 4 rings (SSSR count). The van der Waals surface area contributed by atoms with Crippen LogP contribution in [0, 0.1) is 5.82 Å². The molecule has 0 saturated carbocycles. The predicted molar refractivity (Wildman–Crippen MR) is 133 cm³/mol. The van der Waals surface area contributed by atoms with E-state index < -0.39 is 11.1 Å². The van der Waals surface area contributed by atoms with Crippen molar-refractivity contribution in [2.24, 2.45) is 0 Å². The van der Waals surface area contributed by atoms with Gasteiger partial charge in [-0.2, -0.15) is 0 Å². The third kappa shape index (κ3) is 5.88. The van der Waals surface area contributed by atoms with E-state index in [1.807, 2.05) is 0 Å². The fourth-order valence-corrected chi connectivity index (χ4v) is 5.71. The molecule has 2 aromatic carbocycles. The molecule has 0 radical (unpaired) electrons. The van der Waals surface area contributed by atoms with Gasteiger partial charge in [0.05, 0.1) is 27.1 Å². The highest BCUT2D eigenvalue weighted by molar-refractivity contribution is 9.11. The van der Waals surface area contributed by atoms with Gasteiger partial charge < -0.3 is 14.4 Å². The van der Waals surface area contributed by atoms with Crippen LogP contribution in [0.1, 0.15) is 11.1 Å². The van der Waals surface area contributed by atoms with Crippen LogP contribution >= 0.6 is 43.6 Å². The lowest BCUT2D eigenvalue weighted by atomic mass is 10.2. The van der Waals surface area contributed by atoms with Gasteiger partial charge >= 0.3 is 0 Å². The van der Waals surface area contributed by atoms with Crippen molar-refractivity contribution in [3.05, 3.63) is 67.2 Å². The first-order valence-corrected chi connectivity index (χ1v) is 12.7. The van der Waals surface area contributed by atoms with Gasteiger partial charge in [0.25, 0.3) is 11.1 Å². The van der Waals surface area contributed by atoms with Crippen molar-refractivity contribution in [2.75, 3.05) is 32.8 Å². The molecule has 0 N–H and O–H groups in total. The predicted octanol–water partition coefficient (Wildman–Crippen LogP) is 4.82. The molecule has 0 aromatic heterocycles. The molecule has 3 amide bonds. The van der Waals surface area contributed by atoms with Crippen molar-refractivity contribution in [3.63, 3.8) is 0 Å². The summed E-state index contributed by atoms with van der Waals surface area (Å²) in [5, 5.41) is -0.481. The van der Waals surface area contributed by atoms with Crippen LogP contribution in [0.2, 0.25) is 0 Å². The summed E-state index contributed by atoms with van der Waals surface area (Å²) in [5.74, 6) is -0.604. The summed E-state index contributed by atoms with van der Waals surface area (Å²) in [5.41, 5.74) is 1.34. The van der Waals surface area contributed by atoms with E-state index in [0.29, 0.717) is 52.1 Å². The zero-order chi connectivity index (χ0) is 24.2. The molecule has 2 fully saturated rings. The third-order valence-electron chi connectivity index (χ3n) is 5.12. The molecule has 11 heteroatoms. The van der Waals surface area contributed by atoms with Gasteiger partial charge in [-0.3, -0.25) is 19.3 Å². The molecular weight excluding hydrogens is 595 g/mol. The number of amides is 3. The molecule has 2 aliphatic rings. The molecule has 2 heterocycles. The standard InChI is InChI=1S/C23H19Br2FN2O5S/c24-17-9-15(10-18(25)21(17)33-13-14-2-1-3-16(26)8-14)11-19-22(30)28(23(31)34-19)12-20(29)27-4-6-32-7-5-27/h1-3,8-11H,4-7,12-13H2/b19-11+. The fraction of sp³-hybridized carbons (Fsp3) is 0.261. The highest BCUT2D eigenvalue weighted by Crippen LogP contribution is 2.38. The number of hydrogen-bond acceptors (Lipinski definition) is 6. The Morgan fingerprint density at radius 2 is 1.85 bits per heavy atom. The van der Waals surface area contributed by atoms with E-state index in [2.05, 4.69) is 31.9 Å². The number of hydrogen-bond donors (Lipinski definition) is 0. The Labute approximate surface area is 216 Å². The summed E-state index contributed by atoms with van der Waals surface area (Å²) in [6.45, 7) is 1.66. The van der Waals surface area contributed by atoms with Crippen LogP contribution < -0.4 is 4.74 Å². The van der Waals surface area contributed by atoms with Gasteiger partial charge in [-0.05, 0) is 85.1 Å². The maximum absolute atomic E-state index is 13.4.